The van der Waals surface area contributed by atoms with Crippen LogP contribution in [0.3, 0.4) is 0 Å². The number of amides is 1. The van der Waals surface area contributed by atoms with Gasteiger partial charge in [0.25, 0.3) is 0 Å². The minimum Gasteiger partial charge on any atom is -0.462 e. The molecule has 0 radical (unpaired) electrons. The van der Waals surface area contributed by atoms with E-state index in [1.807, 2.05) is 31.2 Å². The van der Waals surface area contributed by atoms with Gasteiger partial charge in [-0.15, -0.1) is 0 Å². The molecule has 0 aliphatic carbocycles. The lowest BCUT2D eigenvalue weighted by Gasteiger charge is -2.49. The maximum absolute atomic E-state index is 11.6. The van der Waals surface area contributed by atoms with Crippen LogP contribution in [0.5, 0.6) is 5.75 Å². The van der Waals surface area contributed by atoms with Crippen molar-refractivity contribution < 1.29 is 28.8 Å². The normalized spacial score (nSPS) is 34.0. The first-order valence-corrected chi connectivity index (χ1v) is 8.41. The predicted octanol–water partition coefficient (Wildman–Crippen LogP) is 1.12. The summed E-state index contributed by atoms with van der Waals surface area (Å²) in [6.07, 6.45) is -2.94. The molecule has 0 spiro atoms. The molecule has 1 amide bonds. The van der Waals surface area contributed by atoms with Crippen molar-refractivity contribution >= 4 is 5.91 Å². The molecular weight excluding hydrogens is 326 g/mol. The molecule has 1 aromatic rings. The van der Waals surface area contributed by atoms with E-state index in [9.17, 15) is 9.90 Å². The third kappa shape index (κ3) is 3.95. The van der Waals surface area contributed by atoms with E-state index in [0.29, 0.717) is 5.75 Å². The highest BCUT2D eigenvalue weighted by Gasteiger charge is 2.52. The van der Waals surface area contributed by atoms with Gasteiger partial charge in [0.05, 0.1) is 6.61 Å². The Labute approximate surface area is 147 Å². The van der Waals surface area contributed by atoms with E-state index in [4.69, 9.17) is 18.9 Å². The zero-order valence-corrected chi connectivity index (χ0v) is 14.9. The molecule has 1 aromatic carbocycles. The van der Waals surface area contributed by atoms with Crippen molar-refractivity contribution in [3.63, 3.8) is 0 Å². The van der Waals surface area contributed by atoms with E-state index < -0.39 is 36.4 Å². The van der Waals surface area contributed by atoms with Crippen molar-refractivity contribution in [2.45, 2.75) is 64.1 Å². The van der Waals surface area contributed by atoms with Crippen LogP contribution in [0.2, 0.25) is 0 Å². The van der Waals surface area contributed by atoms with Gasteiger partial charge in [-0.05, 0) is 32.4 Å². The number of carbonyl (C=O) groups excluding carboxylic acids is 1. The van der Waals surface area contributed by atoms with E-state index in [1.54, 1.807) is 13.8 Å². The second-order valence-electron chi connectivity index (χ2n) is 6.94. The smallest absolute Gasteiger partial charge is 0.223 e. The standard InChI is InChI=1S/C18H25NO6/c1-10-7-5-6-8-12(10)23-17-14(19-11(2)20)15(21)16-13(24-17)9-22-18(3,4)25-16/h5-8,13-17,21H,9H2,1-4H3,(H,19,20)/t13-,14+,15-,16+,17-/m1/s1. The molecule has 2 fully saturated rings. The van der Waals surface area contributed by atoms with Crippen LogP contribution >= 0.6 is 0 Å². The average molecular weight is 351 g/mol. The van der Waals surface area contributed by atoms with Crippen molar-refractivity contribution in [3.05, 3.63) is 29.8 Å². The van der Waals surface area contributed by atoms with E-state index in [1.165, 1.54) is 6.92 Å². The maximum Gasteiger partial charge on any atom is 0.223 e. The molecule has 7 heteroatoms. The SMILES string of the molecule is CC(=O)N[C@@H]1[C@H](Oc2ccccc2C)O[C@@H]2COC(C)(C)O[C@@H]2[C@@H]1O. The van der Waals surface area contributed by atoms with Crippen molar-refractivity contribution in [1.29, 1.82) is 0 Å². The van der Waals surface area contributed by atoms with Gasteiger partial charge in [-0.1, -0.05) is 18.2 Å². The minimum atomic E-state index is -0.986. The fraction of sp³-hybridized carbons (Fsp3) is 0.611. The van der Waals surface area contributed by atoms with Gasteiger partial charge in [-0.25, -0.2) is 0 Å². The Morgan fingerprint density at radius 2 is 2.08 bits per heavy atom. The van der Waals surface area contributed by atoms with E-state index in [-0.39, 0.29) is 12.5 Å². The molecule has 2 aliphatic heterocycles. The van der Waals surface area contributed by atoms with Gasteiger partial charge < -0.3 is 29.4 Å². The number of aryl methyl sites for hydroxylation is 1. The largest absolute Gasteiger partial charge is 0.462 e. The third-order valence-electron chi connectivity index (χ3n) is 4.39. The fourth-order valence-corrected chi connectivity index (χ4v) is 3.15. The van der Waals surface area contributed by atoms with Crippen LogP contribution in [0.25, 0.3) is 0 Å². The lowest BCUT2D eigenvalue weighted by Crippen LogP contribution is -2.69. The van der Waals surface area contributed by atoms with E-state index >= 15 is 0 Å². The number of nitrogens with one attached hydrogen (secondary N) is 1. The molecule has 5 atom stereocenters. The van der Waals surface area contributed by atoms with Crippen LogP contribution in [-0.4, -0.2) is 54.1 Å². The molecular formula is C18H25NO6. The summed E-state index contributed by atoms with van der Waals surface area (Å²) < 4.78 is 23.4. The quantitative estimate of drug-likeness (QED) is 0.849. The summed E-state index contributed by atoms with van der Waals surface area (Å²) in [5.74, 6) is -0.474. The lowest BCUT2D eigenvalue weighted by molar-refractivity contribution is -0.361. The summed E-state index contributed by atoms with van der Waals surface area (Å²) in [5.41, 5.74) is 0.932. The molecule has 3 rings (SSSR count). The van der Waals surface area contributed by atoms with Gasteiger partial charge in [-0.2, -0.15) is 0 Å². The molecule has 2 N–H and O–H groups in total. The molecule has 138 valence electrons. The predicted molar refractivity (Wildman–Crippen MR) is 89.0 cm³/mol. The molecule has 0 bridgehead atoms. The van der Waals surface area contributed by atoms with Gasteiger partial charge in [0, 0.05) is 6.92 Å². The van der Waals surface area contributed by atoms with Crippen LogP contribution in [-0.2, 0) is 19.0 Å². The number of para-hydroxylation sites is 1. The Morgan fingerprint density at radius 1 is 1.36 bits per heavy atom. The van der Waals surface area contributed by atoms with Gasteiger partial charge in [-0.3, -0.25) is 4.79 Å². The lowest BCUT2D eigenvalue weighted by atomic mass is 9.95. The molecule has 2 aliphatic rings. The topological polar surface area (TPSA) is 86.3 Å². The fourth-order valence-electron chi connectivity index (χ4n) is 3.15. The number of hydrogen-bond donors (Lipinski definition) is 2. The van der Waals surface area contributed by atoms with Crippen LogP contribution in [0.1, 0.15) is 26.3 Å². The summed E-state index contributed by atoms with van der Waals surface area (Å²) >= 11 is 0. The minimum absolute atomic E-state index is 0.273. The second-order valence-corrected chi connectivity index (χ2v) is 6.94. The Balaban J connectivity index is 1.83. The Kier molecular flexibility index (Phi) is 5.02. The Bertz CT molecular complexity index is 634. The number of aliphatic hydroxyl groups is 1. The molecule has 0 unspecified atom stereocenters. The highest BCUT2D eigenvalue weighted by atomic mass is 16.8. The van der Waals surface area contributed by atoms with Gasteiger partial charge in [0.1, 0.15) is 30.1 Å². The molecule has 2 saturated heterocycles. The van der Waals surface area contributed by atoms with E-state index in [2.05, 4.69) is 5.32 Å². The van der Waals surface area contributed by atoms with Gasteiger partial charge in [0.15, 0.2) is 5.79 Å². The Hall–Kier alpha value is -1.67. The van der Waals surface area contributed by atoms with Gasteiger partial charge in [0.2, 0.25) is 12.2 Å². The average Bonchev–Trinajstić information content (AvgIpc) is 2.53. The van der Waals surface area contributed by atoms with Gasteiger partial charge >= 0.3 is 0 Å². The molecule has 0 saturated carbocycles. The highest BCUT2D eigenvalue weighted by molar-refractivity contribution is 5.73. The second kappa shape index (κ2) is 6.92. The molecule has 0 aromatic heterocycles. The molecule has 25 heavy (non-hydrogen) atoms. The monoisotopic (exact) mass is 351 g/mol. The van der Waals surface area contributed by atoms with Crippen LogP contribution in [0.4, 0.5) is 0 Å². The molecule has 7 nitrogen and oxygen atoms in total. The first kappa shape index (κ1) is 18.1. The number of hydrogen-bond acceptors (Lipinski definition) is 6. The number of aliphatic hydroxyl groups excluding tert-OH is 1. The number of carbonyl (C=O) groups is 1. The van der Waals surface area contributed by atoms with Crippen LogP contribution in [0.15, 0.2) is 24.3 Å². The third-order valence-corrected chi connectivity index (χ3v) is 4.39. The Morgan fingerprint density at radius 3 is 2.76 bits per heavy atom. The first-order valence-electron chi connectivity index (χ1n) is 8.41. The maximum atomic E-state index is 11.6. The van der Waals surface area contributed by atoms with Crippen LogP contribution < -0.4 is 10.1 Å². The highest BCUT2D eigenvalue weighted by Crippen LogP contribution is 2.33. The summed E-state index contributed by atoms with van der Waals surface area (Å²) in [5, 5.41) is 13.5. The van der Waals surface area contributed by atoms with Crippen molar-refractivity contribution in [3.8, 4) is 5.75 Å². The number of fused-ring (bicyclic) bond motifs is 1. The van der Waals surface area contributed by atoms with E-state index in [0.717, 1.165) is 5.56 Å². The zero-order chi connectivity index (χ0) is 18.2. The number of rotatable bonds is 3. The zero-order valence-electron chi connectivity index (χ0n) is 14.9. The number of ether oxygens (including phenoxy) is 4. The van der Waals surface area contributed by atoms with Crippen molar-refractivity contribution in [2.24, 2.45) is 0 Å². The summed E-state index contributed by atoms with van der Waals surface area (Å²) in [4.78, 5) is 11.6. The summed E-state index contributed by atoms with van der Waals surface area (Å²) in [6.45, 7) is 7.13. The number of benzene rings is 1. The summed E-state index contributed by atoms with van der Waals surface area (Å²) in [7, 11) is 0. The van der Waals surface area contributed by atoms with Crippen molar-refractivity contribution in [1.82, 2.24) is 5.32 Å². The van der Waals surface area contributed by atoms with Crippen molar-refractivity contribution in [2.75, 3.05) is 6.61 Å². The summed E-state index contributed by atoms with van der Waals surface area (Å²) in [6, 6.07) is 6.74. The first-order chi connectivity index (χ1) is 11.8. The van der Waals surface area contributed by atoms with Crippen LogP contribution in [0, 0.1) is 6.92 Å². The molecule has 2 heterocycles.